The van der Waals surface area contributed by atoms with Gasteiger partial charge in [0.1, 0.15) is 24.5 Å². The van der Waals surface area contributed by atoms with Crippen LogP contribution in [0.1, 0.15) is 31.0 Å². The van der Waals surface area contributed by atoms with Crippen molar-refractivity contribution in [3.63, 3.8) is 0 Å². The SMILES string of the molecule is Nc1ncnc2c1nc1n2C2CCC(O2)C1O. The summed E-state index contributed by atoms with van der Waals surface area (Å²) >= 11 is 0. The van der Waals surface area contributed by atoms with Gasteiger partial charge in [-0.2, -0.15) is 0 Å². The van der Waals surface area contributed by atoms with Gasteiger partial charge in [-0.05, 0) is 12.8 Å². The van der Waals surface area contributed by atoms with E-state index in [4.69, 9.17) is 10.5 Å². The first-order valence-electron chi connectivity index (χ1n) is 5.57. The minimum absolute atomic E-state index is 0.0855. The van der Waals surface area contributed by atoms with Gasteiger partial charge in [0.2, 0.25) is 0 Å². The van der Waals surface area contributed by atoms with Crippen molar-refractivity contribution in [1.29, 1.82) is 0 Å². The largest absolute Gasteiger partial charge is 0.382 e. The molecule has 0 radical (unpaired) electrons. The molecule has 0 spiro atoms. The lowest BCUT2D eigenvalue weighted by molar-refractivity contribution is -0.0910. The van der Waals surface area contributed by atoms with Crippen LogP contribution in [0.4, 0.5) is 5.82 Å². The summed E-state index contributed by atoms with van der Waals surface area (Å²) < 4.78 is 7.55. The smallest absolute Gasteiger partial charge is 0.167 e. The van der Waals surface area contributed by atoms with Crippen LogP contribution in [0.5, 0.6) is 0 Å². The number of hydrogen-bond donors (Lipinski definition) is 2. The molecule has 4 rings (SSSR count). The molecule has 17 heavy (non-hydrogen) atoms. The molecule has 7 nitrogen and oxygen atoms in total. The fraction of sp³-hybridized carbons (Fsp3) is 0.500. The molecule has 3 N–H and O–H groups in total. The number of aliphatic hydroxyl groups excluding tert-OH is 1. The summed E-state index contributed by atoms with van der Waals surface area (Å²) in [4.78, 5) is 12.4. The number of ether oxygens (including phenoxy) is 1. The number of aliphatic hydroxyl groups is 1. The number of imidazole rings is 1. The number of fused-ring (bicyclic) bond motifs is 6. The Labute approximate surface area is 96.3 Å². The molecule has 7 heteroatoms. The molecule has 3 atom stereocenters. The van der Waals surface area contributed by atoms with Crippen molar-refractivity contribution in [2.75, 3.05) is 5.73 Å². The Morgan fingerprint density at radius 2 is 2.29 bits per heavy atom. The number of nitrogen functional groups attached to an aromatic ring is 1. The maximum Gasteiger partial charge on any atom is 0.167 e. The van der Waals surface area contributed by atoms with Gasteiger partial charge < -0.3 is 15.6 Å². The number of nitrogens with two attached hydrogens (primary N) is 1. The van der Waals surface area contributed by atoms with E-state index in [1.165, 1.54) is 6.33 Å². The second-order valence-corrected chi connectivity index (χ2v) is 4.42. The Morgan fingerprint density at radius 3 is 3.18 bits per heavy atom. The van der Waals surface area contributed by atoms with Gasteiger partial charge in [-0.15, -0.1) is 0 Å². The van der Waals surface area contributed by atoms with Crippen LogP contribution in [-0.2, 0) is 4.74 Å². The molecular formula is C10H11N5O2. The summed E-state index contributed by atoms with van der Waals surface area (Å²) in [5, 5.41) is 10.1. The molecule has 4 heterocycles. The number of rotatable bonds is 0. The minimum atomic E-state index is -0.706. The van der Waals surface area contributed by atoms with E-state index >= 15 is 0 Å². The average molecular weight is 233 g/mol. The van der Waals surface area contributed by atoms with Gasteiger partial charge in [0.05, 0.1) is 6.10 Å². The average Bonchev–Trinajstić information content (AvgIpc) is 2.89. The van der Waals surface area contributed by atoms with Crippen molar-refractivity contribution >= 4 is 17.0 Å². The van der Waals surface area contributed by atoms with Crippen LogP contribution in [-0.4, -0.2) is 30.7 Å². The molecule has 2 bridgehead atoms. The highest BCUT2D eigenvalue weighted by molar-refractivity contribution is 5.82. The van der Waals surface area contributed by atoms with Gasteiger partial charge in [0, 0.05) is 0 Å². The third-order valence-corrected chi connectivity index (χ3v) is 3.47. The quantitative estimate of drug-likeness (QED) is 0.671. The van der Waals surface area contributed by atoms with Crippen molar-refractivity contribution < 1.29 is 9.84 Å². The van der Waals surface area contributed by atoms with E-state index in [1.807, 2.05) is 4.57 Å². The van der Waals surface area contributed by atoms with Crippen molar-refractivity contribution in [3.05, 3.63) is 12.2 Å². The Bertz CT molecular complexity index is 610. The summed E-state index contributed by atoms with van der Waals surface area (Å²) in [7, 11) is 0. The zero-order valence-corrected chi connectivity index (χ0v) is 8.95. The number of hydrogen-bond acceptors (Lipinski definition) is 6. The van der Waals surface area contributed by atoms with Crippen LogP contribution in [0.2, 0.25) is 0 Å². The number of aromatic nitrogens is 4. The first-order valence-corrected chi connectivity index (χ1v) is 5.57. The van der Waals surface area contributed by atoms with Gasteiger partial charge in [0.25, 0.3) is 0 Å². The van der Waals surface area contributed by atoms with Gasteiger partial charge in [-0.3, -0.25) is 4.57 Å². The van der Waals surface area contributed by atoms with Crippen LogP contribution in [0, 0.1) is 0 Å². The summed E-state index contributed by atoms with van der Waals surface area (Å²) in [6.07, 6.45) is 2.17. The highest BCUT2D eigenvalue weighted by Gasteiger charge is 2.42. The van der Waals surface area contributed by atoms with E-state index in [0.717, 1.165) is 12.8 Å². The van der Waals surface area contributed by atoms with E-state index in [-0.39, 0.29) is 12.3 Å². The predicted octanol–water partition coefficient (Wildman–Crippen LogP) is 0.133. The van der Waals surface area contributed by atoms with Crippen LogP contribution < -0.4 is 5.73 Å². The molecule has 1 saturated heterocycles. The first kappa shape index (κ1) is 9.32. The molecule has 0 aliphatic carbocycles. The van der Waals surface area contributed by atoms with E-state index in [9.17, 15) is 5.11 Å². The zero-order chi connectivity index (χ0) is 11.6. The lowest BCUT2D eigenvalue weighted by Crippen LogP contribution is -2.28. The van der Waals surface area contributed by atoms with Crippen LogP contribution in [0.15, 0.2) is 6.33 Å². The molecule has 0 amide bonds. The zero-order valence-electron chi connectivity index (χ0n) is 8.95. The predicted molar refractivity (Wildman–Crippen MR) is 57.8 cm³/mol. The molecule has 0 saturated carbocycles. The van der Waals surface area contributed by atoms with Gasteiger partial charge in [0.15, 0.2) is 17.0 Å². The Hall–Kier alpha value is -1.73. The van der Waals surface area contributed by atoms with Crippen LogP contribution in [0.25, 0.3) is 11.2 Å². The van der Waals surface area contributed by atoms with Gasteiger partial charge in [-0.1, -0.05) is 0 Å². The molecule has 2 aromatic rings. The van der Waals surface area contributed by atoms with Crippen molar-refractivity contribution in [2.24, 2.45) is 0 Å². The Kier molecular flexibility index (Phi) is 1.61. The topological polar surface area (TPSA) is 99.1 Å². The van der Waals surface area contributed by atoms with E-state index in [1.54, 1.807) is 0 Å². The molecule has 2 aromatic heterocycles. The Morgan fingerprint density at radius 1 is 1.41 bits per heavy atom. The molecule has 1 fully saturated rings. The van der Waals surface area contributed by atoms with Crippen molar-refractivity contribution in [2.45, 2.75) is 31.3 Å². The lowest BCUT2D eigenvalue weighted by Gasteiger charge is -2.26. The highest BCUT2D eigenvalue weighted by atomic mass is 16.5. The van der Waals surface area contributed by atoms with E-state index < -0.39 is 6.10 Å². The standard InChI is InChI=1S/C10H11N5O2/c11-8-6-9(13-3-12-8)15-5-2-1-4(17-5)7(16)10(15)14-6/h3-5,7,16H,1-2H2,(H2,11,12,13). The maximum atomic E-state index is 10.1. The molecular weight excluding hydrogens is 222 g/mol. The summed E-state index contributed by atoms with van der Waals surface area (Å²) in [6, 6.07) is 0. The summed E-state index contributed by atoms with van der Waals surface area (Å²) in [5.74, 6) is 0.922. The second kappa shape index (κ2) is 2.93. The third-order valence-electron chi connectivity index (χ3n) is 3.47. The van der Waals surface area contributed by atoms with Gasteiger partial charge >= 0.3 is 0 Å². The van der Waals surface area contributed by atoms with Crippen molar-refractivity contribution in [1.82, 2.24) is 19.5 Å². The summed E-state index contributed by atoms with van der Waals surface area (Å²) in [5.41, 5.74) is 6.94. The highest BCUT2D eigenvalue weighted by Crippen LogP contribution is 2.43. The van der Waals surface area contributed by atoms with Crippen molar-refractivity contribution in [3.8, 4) is 0 Å². The first-order chi connectivity index (χ1) is 8.25. The fourth-order valence-electron chi connectivity index (χ4n) is 2.67. The van der Waals surface area contributed by atoms with Crippen LogP contribution in [0.3, 0.4) is 0 Å². The van der Waals surface area contributed by atoms with Gasteiger partial charge in [-0.25, -0.2) is 15.0 Å². The number of anilines is 1. The third kappa shape index (κ3) is 1.05. The lowest BCUT2D eigenvalue weighted by atomic mass is 10.1. The molecule has 2 aliphatic heterocycles. The Balaban J connectivity index is 2.07. The molecule has 2 aliphatic rings. The fourth-order valence-corrected chi connectivity index (χ4v) is 2.67. The minimum Gasteiger partial charge on any atom is -0.382 e. The maximum absolute atomic E-state index is 10.1. The molecule has 0 aromatic carbocycles. The van der Waals surface area contributed by atoms with Crippen LogP contribution >= 0.6 is 0 Å². The molecule has 88 valence electrons. The molecule has 3 unspecified atom stereocenters. The monoisotopic (exact) mass is 233 g/mol. The normalized spacial score (nSPS) is 30.8. The summed E-state index contributed by atoms with van der Waals surface area (Å²) in [6.45, 7) is 0. The van der Waals surface area contributed by atoms with E-state index in [2.05, 4.69) is 15.0 Å². The van der Waals surface area contributed by atoms with E-state index in [0.29, 0.717) is 22.8 Å². The number of nitrogens with zero attached hydrogens (tertiary/aromatic N) is 4. The second-order valence-electron chi connectivity index (χ2n) is 4.42.